The molecule has 1 aliphatic carbocycles. The van der Waals surface area contributed by atoms with Gasteiger partial charge in [0.25, 0.3) is 5.91 Å². The summed E-state index contributed by atoms with van der Waals surface area (Å²) in [6.07, 6.45) is 2.29. The van der Waals surface area contributed by atoms with Gasteiger partial charge in [0.2, 0.25) is 0 Å². The summed E-state index contributed by atoms with van der Waals surface area (Å²) >= 11 is 0. The minimum absolute atomic E-state index is 0.0233. The van der Waals surface area contributed by atoms with E-state index >= 15 is 0 Å². The SMILES string of the molecule is Cc1cc(C)cc(C(=O)NC2C(N)C3CCCOC32)c1. The number of nitrogens with two attached hydrogens (primary N) is 1. The van der Waals surface area contributed by atoms with Crippen molar-refractivity contribution in [1.29, 1.82) is 0 Å². The number of amides is 1. The van der Waals surface area contributed by atoms with Crippen LogP contribution in [0.25, 0.3) is 0 Å². The highest BCUT2D eigenvalue weighted by atomic mass is 16.5. The van der Waals surface area contributed by atoms with E-state index < -0.39 is 0 Å². The molecule has 20 heavy (non-hydrogen) atoms. The second-order valence-corrected chi connectivity index (χ2v) is 6.09. The first-order valence-corrected chi connectivity index (χ1v) is 7.32. The highest BCUT2D eigenvalue weighted by Gasteiger charge is 2.51. The largest absolute Gasteiger partial charge is 0.376 e. The van der Waals surface area contributed by atoms with Crippen LogP contribution in [0.15, 0.2) is 18.2 Å². The van der Waals surface area contributed by atoms with Crippen LogP contribution in [0.5, 0.6) is 0 Å². The molecule has 1 amide bonds. The Balaban J connectivity index is 1.70. The lowest BCUT2D eigenvalue weighted by molar-refractivity contribution is -0.117. The van der Waals surface area contributed by atoms with Gasteiger partial charge in [-0.25, -0.2) is 0 Å². The van der Waals surface area contributed by atoms with E-state index in [-0.39, 0.29) is 24.1 Å². The molecule has 4 unspecified atom stereocenters. The molecule has 3 rings (SSSR count). The molecule has 1 aliphatic heterocycles. The Morgan fingerprint density at radius 3 is 2.70 bits per heavy atom. The van der Waals surface area contributed by atoms with Gasteiger partial charge in [-0.1, -0.05) is 17.2 Å². The molecule has 0 bridgehead atoms. The lowest BCUT2D eigenvalue weighted by Crippen LogP contribution is -2.72. The Kier molecular flexibility index (Phi) is 3.52. The number of hydrogen-bond acceptors (Lipinski definition) is 3. The van der Waals surface area contributed by atoms with Crippen LogP contribution in [0.3, 0.4) is 0 Å². The summed E-state index contributed by atoms with van der Waals surface area (Å²) in [5.74, 6) is 0.359. The average Bonchev–Trinajstić information content (AvgIpc) is 2.43. The summed E-state index contributed by atoms with van der Waals surface area (Å²) in [5, 5.41) is 3.05. The topological polar surface area (TPSA) is 64.4 Å². The van der Waals surface area contributed by atoms with Crippen LogP contribution in [0, 0.1) is 19.8 Å². The number of aryl methyl sites for hydroxylation is 2. The summed E-state index contributed by atoms with van der Waals surface area (Å²) < 4.78 is 5.75. The van der Waals surface area contributed by atoms with Gasteiger partial charge < -0.3 is 15.8 Å². The summed E-state index contributed by atoms with van der Waals surface area (Å²) in [6.45, 7) is 4.78. The van der Waals surface area contributed by atoms with E-state index in [0.717, 1.165) is 30.6 Å². The maximum Gasteiger partial charge on any atom is 0.251 e. The lowest BCUT2D eigenvalue weighted by Gasteiger charge is -2.52. The van der Waals surface area contributed by atoms with Gasteiger partial charge in [-0.05, 0) is 38.8 Å². The molecule has 1 saturated carbocycles. The minimum Gasteiger partial charge on any atom is -0.376 e. The van der Waals surface area contributed by atoms with Crippen LogP contribution in [0.4, 0.5) is 0 Å². The predicted molar refractivity (Wildman–Crippen MR) is 77.6 cm³/mol. The standard InChI is InChI=1S/C16H22N2O2/c1-9-6-10(2)8-11(7-9)16(19)18-14-13(17)12-4-3-5-20-15(12)14/h6-8,12-15H,3-5,17H2,1-2H3,(H,18,19). The van der Waals surface area contributed by atoms with Crippen molar-refractivity contribution in [3.05, 3.63) is 34.9 Å². The Hall–Kier alpha value is -1.39. The molecular formula is C16H22N2O2. The van der Waals surface area contributed by atoms with Crippen molar-refractivity contribution >= 4 is 5.91 Å². The van der Waals surface area contributed by atoms with Crippen molar-refractivity contribution in [2.24, 2.45) is 11.7 Å². The number of carbonyl (C=O) groups is 1. The molecule has 0 radical (unpaired) electrons. The molecule has 108 valence electrons. The van der Waals surface area contributed by atoms with Crippen molar-refractivity contribution in [3.8, 4) is 0 Å². The van der Waals surface area contributed by atoms with Crippen LogP contribution in [0.1, 0.15) is 34.3 Å². The molecule has 0 aromatic heterocycles. The molecular weight excluding hydrogens is 252 g/mol. The molecule has 4 heteroatoms. The Labute approximate surface area is 119 Å². The number of carbonyl (C=O) groups excluding carboxylic acids is 1. The molecule has 1 aromatic carbocycles. The van der Waals surface area contributed by atoms with E-state index in [1.807, 2.05) is 26.0 Å². The van der Waals surface area contributed by atoms with E-state index in [2.05, 4.69) is 11.4 Å². The molecule has 1 saturated heterocycles. The number of benzene rings is 1. The molecule has 2 aliphatic rings. The first kappa shape index (κ1) is 13.6. The monoisotopic (exact) mass is 274 g/mol. The first-order valence-electron chi connectivity index (χ1n) is 7.32. The molecule has 0 spiro atoms. The van der Waals surface area contributed by atoms with E-state index in [1.165, 1.54) is 0 Å². The summed E-state index contributed by atoms with van der Waals surface area (Å²) in [6, 6.07) is 5.85. The van der Waals surface area contributed by atoms with Crippen LogP contribution in [-0.2, 0) is 4.74 Å². The van der Waals surface area contributed by atoms with E-state index in [1.54, 1.807) is 0 Å². The van der Waals surface area contributed by atoms with Crippen LogP contribution >= 0.6 is 0 Å². The van der Waals surface area contributed by atoms with Crippen molar-refractivity contribution in [2.75, 3.05) is 6.61 Å². The fourth-order valence-electron chi connectivity index (χ4n) is 3.47. The normalized spacial score (nSPS) is 32.1. The zero-order valence-electron chi connectivity index (χ0n) is 12.1. The number of ether oxygens (including phenoxy) is 1. The highest BCUT2D eigenvalue weighted by molar-refractivity contribution is 5.95. The van der Waals surface area contributed by atoms with Crippen LogP contribution in [-0.4, -0.2) is 30.7 Å². The molecule has 1 aromatic rings. The predicted octanol–water partition coefficient (Wildman–Crippen LogP) is 1.54. The van der Waals surface area contributed by atoms with Crippen molar-refractivity contribution in [3.63, 3.8) is 0 Å². The minimum atomic E-state index is -0.0510. The van der Waals surface area contributed by atoms with Gasteiger partial charge in [0.05, 0.1) is 12.1 Å². The summed E-state index contributed by atoms with van der Waals surface area (Å²) in [7, 11) is 0. The van der Waals surface area contributed by atoms with E-state index in [9.17, 15) is 4.79 Å². The summed E-state index contributed by atoms with van der Waals surface area (Å²) in [4.78, 5) is 12.4. The smallest absolute Gasteiger partial charge is 0.251 e. The Bertz CT molecular complexity index is 509. The zero-order chi connectivity index (χ0) is 14.3. The quantitative estimate of drug-likeness (QED) is 0.860. The highest BCUT2D eigenvalue weighted by Crippen LogP contribution is 2.37. The van der Waals surface area contributed by atoms with Gasteiger partial charge in [-0.15, -0.1) is 0 Å². The zero-order valence-corrected chi connectivity index (χ0v) is 12.1. The molecule has 4 atom stereocenters. The van der Waals surface area contributed by atoms with Gasteiger partial charge in [0, 0.05) is 24.1 Å². The second-order valence-electron chi connectivity index (χ2n) is 6.09. The third kappa shape index (κ3) is 2.34. The average molecular weight is 274 g/mol. The third-order valence-corrected chi connectivity index (χ3v) is 4.46. The fraction of sp³-hybridized carbons (Fsp3) is 0.562. The van der Waals surface area contributed by atoms with Gasteiger partial charge in [0.15, 0.2) is 0 Å². The van der Waals surface area contributed by atoms with Crippen molar-refractivity contribution in [2.45, 2.75) is 44.9 Å². The maximum atomic E-state index is 12.4. The van der Waals surface area contributed by atoms with Gasteiger partial charge in [-0.3, -0.25) is 4.79 Å². The third-order valence-electron chi connectivity index (χ3n) is 4.46. The van der Waals surface area contributed by atoms with Crippen LogP contribution in [0.2, 0.25) is 0 Å². The molecule has 3 N–H and O–H groups in total. The lowest BCUT2D eigenvalue weighted by atomic mass is 9.68. The number of fused-ring (bicyclic) bond motifs is 1. The first-order chi connectivity index (χ1) is 9.56. The fourth-order valence-corrected chi connectivity index (χ4v) is 3.47. The number of rotatable bonds is 2. The second kappa shape index (κ2) is 5.19. The van der Waals surface area contributed by atoms with Crippen LogP contribution < -0.4 is 11.1 Å². The molecule has 1 heterocycles. The van der Waals surface area contributed by atoms with Crippen molar-refractivity contribution < 1.29 is 9.53 Å². The van der Waals surface area contributed by atoms with Gasteiger partial charge >= 0.3 is 0 Å². The molecule has 4 nitrogen and oxygen atoms in total. The number of hydrogen-bond donors (Lipinski definition) is 2. The number of nitrogens with one attached hydrogen (secondary N) is 1. The maximum absolute atomic E-state index is 12.4. The molecule has 2 fully saturated rings. The van der Waals surface area contributed by atoms with E-state index in [0.29, 0.717) is 11.5 Å². The van der Waals surface area contributed by atoms with E-state index in [4.69, 9.17) is 10.5 Å². The Morgan fingerprint density at radius 1 is 1.30 bits per heavy atom. The van der Waals surface area contributed by atoms with Gasteiger partial charge in [-0.2, -0.15) is 0 Å². The summed E-state index contributed by atoms with van der Waals surface area (Å²) in [5.41, 5.74) is 9.07. The van der Waals surface area contributed by atoms with Gasteiger partial charge in [0.1, 0.15) is 0 Å². The Morgan fingerprint density at radius 2 is 2.00 bits per heavy atom. The van der Waals surface area contributed by atoms with Crippen molar-refractivity contribution in [1.82, 2.24) is 5.32 Å².